The molecule has 1 amide bonds. The molecule has 0 aliphatic carbocycles. The molecule has 0 saturated carbocycles. The van der Waals surface area contributed by atoms with Crippen molar-refractivity contribution in [2.24, 2.45) is 5.92 Å². The molecule has 174 valence electrons. The number of aromatic nitrogens is 2. The molecule has 2 aliphatic heterocycles. The lowest BCUT2D eigenvalue weighted by Gasteiger charge is -2.39. The van der Waals surface area contributed by atoms with Crippen molar-refractivity contribution in [2.45, 2.75) is 17.9 Å². The van der Waals surface area contributed by atoms with Gasteiger partial charge in [-0.15, -0.1) is 0 Å². The van der Waals surface area contributed by atoms with Gasteiger partial charge in [0.2, 0.25) is 11.0 Å². The molecule has 0 spiro atoms. The minimum Gasteiger partial charge on any atom is -0.442 e. The minimum absolute atomic E-state index is 0.0419. The molecule has 1 unspecified atom stereocenters. The Morgan fingerprint density at radius 1 is 1.00 bits per heavy atom. The fourth-order valence-electron chi connectivity index (χ4n) is 4.57. The summed E-state index contributed by atoms with van der Waals surface area (Å²) in [6, 6.07) is 15.0. The lowest BCUT2D eigenvalue weighted by Crippen LogP contribution is -2.53. The number of sulfonamides is 1. The molecule has 2 saturated heterocycles. The van der Waals surface area contributed by atoms with E-state index in [0.29, 0.717) is 43.9 Å². The molecule has 33 heavy (non-hydrogen) atoms. The van der Waals surface area contributed by atoms with E-state index in [1.165, 1.54) is 10.4 Å². The van der Waals surface area contributed by atoms with E-state index in [1.807, 2.05) is 23.1 Å². The average Bonchev–Trinajstić information content (AvgIpc) is 3.57. The maximum Gasteiger partial charge on any atom is 0.276 e. The van der Waals surface area contributed by atoms with Crippen molar-refractivity contribution in [1.29, 1.82) is 0 Å². The number of nitrogens with one attached hydrogen (secondary N) is 1. The number of carbonyl (C=O) groups excluding carboxylic acids is 1. The van der Waals surface area contributed by atoms with Gasteiger partial charge in [0.05, 0.1) is 5.92 Å². The number of furan rings is 1. The summed E-state index contributed by atoms with van der Waals surface area (Å²) in [4.78, 5) is 17.4. The van der Waals surface area contributed by atoms with E-state index in [1.54, 1.807) is 18.3 Å². The fourth-order valence-corrected chi connectivity index (χ4v) is 6.00. The lowest BCUT2D eigenvalue weighted by molar-refractivity contribution is -0.137. The molecule has 0 bridgehead atoms. The zero-order valence-corrected chi connectivity index (χ0v) is 19.1. The number of rotatable bonds is 5. The maximum atomic E-state index is 13.2. The SMILES string of the molecule is O=C(C1CCCN(S(=O)(=O)c2ccc(-c3ccn[nH]3)o2)C1)N1CCN(c2ccccc2)CC1. The third-order valence-corrected chi connectivity index (χ3v) is 8.13. The van der Waals surface area contributed by atoms with E-state index < -0.39 is 10.0 Å². The lowest BCUT2D eigenvalue weighted by atomic mass is 9.97. The van der Waals surface area contributed by atoms with Crippen LogP contribution in [0.1, 0.15) is 12.8 Å². The van der Waals surface area contributed by atoms with E-state index in [9.17, 15) is 13.2 Å². The number of hydrogen-bond donors (Lipinski definition) is 1. The second-order valence-corrected chi connectivity index (χ2v) is 10.3. The van der Waals surface area contributed by atoms with Gasteiger partial charge in [-0.3, -0.25) is 9.89 Å². The fraction of sp³-hybridized carbons (Fsp3) is 0.391. The number of amides is 1. The Kier molecular flexibility index (Phi) is 5.94. The summed E-state index contributed by atoms with van der Waals surface area (Å²) >= 11 is 0. The van der Waals surface area contributed by atoms with Crippen LogP contribution in [0.2, 0.25) is 0 Å². The predicted octanol–water partition coefficient (Wildman–Crippen LogP) is 2.42. The van der Waals surface area contributed by atoms with Gasteiger partial charge >= 0.3 is 0 Å². The second-order valence-electron chi connectivity index (χ2n) is 8.44. The van der Waals surface area contributed by atoms with Crippen LogP contribution in [0, 0.1) is 5.92 Å². The van der Waals surface area contributed by atoms with Gasteiger partial charge in [0.15, 0.2) is 5.76 Å². The summed E-state index contributed by atoms with van der Waals surface area (Å²) < 4.78 is 33.4. The van der Waals surface area contributed by atoms with Gasteiger partial charge in [0, 0.05) is 51.2 Å². The minimum atomic E-state index is -3.82. The molecule has 0 radical (unpaired) electrons. The van der Waals surface area contributed by atoms with E-state index >= 15 is 0 Å². The van der Waals surface area contributed by atoms with E-state index in [0.717, 1.165) is 18.8 Å². The van der Waals surface area contributed by atoms with Crippen LogP contribution in [0.3, 0.4) is 0 Å². The molecule has 2 aromatic heterocycles. The van der Waals surface area contributed by atoms with E-state index in [-0.39, 0.29) is 23.5 Å². The van der Waals surface area contributed by atoms with Crippen LogP contribution < -0.4 is 4.90 Å². The summed E-state index contributed by atoms with van der Waals surface area (Å²) in [5.41, 5.74) is 1.77. The Morgan fingerprint density at radius 3 is 2.52 bits per heavy atom. The highest BCUT2D eigenvalue weighted by atomic mass is 32.2. The summed E-state index contributed by atoms with van der Waals surface area (Å²) in [6.45, 7) is 3.39. The van der Waals surface area contributed by atoms with Gasteiger partial charge in [-0.05, 0) is 43.2 Å². The normalized spacial score (nSPS) is 20.2. The van der Waals surface area contributed by atoms with Crippen molar-refractivity contribution in [3.8, 4) is 11.5 Å². The van der Waals surface area contributed by atoms with Gasteiger partial charge in [0.25, 0.3) is 10.0 Å². The monoisotopic (exact) mass is 469 g/mol. The molecule has 3 aromatic rings. The Bertz CT molecular complexity index is 1180. The van der Waals surface area contributed by atoms with Gasteiger partial charge in [0.1, 0.15) is 5.69 Å². The van der Waals surface area contributed by atoms with Crippen molar-refractivity contribution < 1.29 is 17.6 Å². The Hall–Kier alpha value is -3.11. The smallest absolute Gasteiger partial charge is 0.276 e. The van der Waals surface area contributed by atoms with Crippen molar-refractivity contribution in [1.82, 2.24) is 19.4 Å². The molecule has 5 rings (SSSR count). The van der Waals surface area contributed by atoms with Gasteiger partial charge in [-0.2, -0.15) is 9.40 Å². The zero-order chi connectivity index (χ0) is 22.8. The Morgan fingerprint density at radius 2 is 1.79 bits per heavy atom. The topological polar surface area (TPSA) is 103 Å². The van der Waals surface area contributed by atoms with Crippen LogP contribution in [0.5, 0.6) is 0 Å². The molecule has 9 nitrogen and oxygen atoms in total. The first kappa shape index (κ1) is 21.7. The molecule has 1 N–H and O–H groups in total. The number of para-hydroxylation sites is 1. The van der Waals surface area contributed by atoms with Crippen LogP contribution in [0.4, 0.5) is 5.69 Å². The predicted molar refractivity (Wildman–Crippen MR) is 123 cm³/mol. The quantitative estimate of drug-likeness (QED) is 0.616. The zero-order valence-electron chi connectivity index (χ0n) is 18.3. The van der Waals surface area contributed by atoms with E-state index in [4.69, 9.17) is 4.42 Å². The van der Waals surface area contributed by atoms with Crippen LogP contribution in [0.15, 0.2) is 64.2 Å². The highest BCUT2D eigenvalue weighted by Crippen LogP contribution is 2.29. The van der Waals surface area contributed by atoms with Crippen LogP contribution in [-0.4, -0.2) is 73.0 Å². The highest BCUT2D eigenvalue weighted by molar-refractivity contribution is 7.89. The number of anilines is 1. The second kappa shape index (κ2) is 9.03. The van der Waals surface area contributed by atoms with Crippen LogP contribution in [-0.2, 0) is 14.8 Å². The third-order valence-electron chi connectivity index (χ3n) is 6.39. The standard InChI is InChI=1S/C23H27N5O4S/c29-23(27-15-13-26(14-16-27)19-6-2-1-3-7-19)18-5-4-12-28(17-18)33(30,31)22-9-8-21(32-22)20-10-11-24-25-20/h1-3,6-11,18H,4-5,12-17H2,(H,24,25). The summed E-state index contributed by atoms with van der Waals surface area (Å²) in [6.07, 6.45) is 2.92. The maximum absolute atomic E-state index is 13.2. The first-order valence-electron chi connectivity index (χ1n) is 11.2. The number of nitrogens with zero attached hydrogens (tertiary/aromatic N) is 4. The average molecular weight is 470 g/mol. The molecular formula is C23H27N5O4S. The molecule has 1 aromatic carbocycles. The largest absolute Gasteiger partial charge is 0.442 e. The summed E-state index contributed by atoms with van der Waals surface area (Å²) in [5.74, 6) is 0.117. The van der Waals surface area contributed by atoms with Crippen molar-refractivity contribution in [2.75, 3.05) is 44.2 Å². The van der Waals surface area contributed by atoms with Gasteiger partial charge in [-0.1, -0.05) is 18.2 Å². The van der Waals surface area contributed by atoms with Crippen molar-refractivity contribution in [3.63, 3.8) is 0 Å². The molecule has 2 aliphatic rings. The van der Waals surface area contributed by atoms with Crippen LogP contribution in [0.25, 0.3) is 11.5 Å². The highest BCUT2D eigenvalue weighted by Gasteiger charge is 2.37. The number of piperazine rings is 1. The number of hydrogen-bond acceptors (Lipinski definition) is 6. The first-order valence-corrected chi connectivity index (χ1v) is 12.6. The van der Waals surface area contributed by atoms with Crippen LogP contribution >= 0.6 is 0 Å². The third kappa shape index (κ3) is 4.40. The summed E-state index contributed by atoms with van der Waals surface area (Å²) in [5, 5.41) is 6.52. The molecular weight excluding hydrogens is 442 g/mol. The van der Waals surface area contributed by atoms with Crippen molar-refractivity contribution >= 4 is 21.6 Å². The number of benzene rings is 1. The number of carbonyl (C=O) groups is 1. The van der Waals surface area contributed by atoms with E-state index in [2.05, 4.69) is 27.2 Å². The Labute approximate surface area is 193 Å². The van der Waals surface area contributed by atoms with Gasteiger partial charge in [-0.25, -0.2) is 8.42 Å². The molecule has 10 heteroatoms. The number of H-pyrrole nitrogens is 1. The number of aromatic amines is 1. The molecule has 4 heterocycles. The van der Waals surface area contributed by atoms with Crippen molar-refractivity contribution in [3.05, 3.63) is 54.7 Å². The first-order chi connectivity index (χ1) is 16.0. The Balaban J connectivity index is 1.23. The molecule has 1 atom stereocenters. The summed E-state index contributed by atoms with van der Waals surface area (Å²) in [7, 11) is -3.82. The van der Waals surface area contributed by atoms with Gasteiger partial charge < -0.3 is 14.2 Å². The molecule has 2 fully saturated rings. The number of piperidine rings is 1.